The van der Waals surface area contributed by atoms with Crippen molar-refractivity contribution in [1.29, 1.82) is 0 Å². The van der Waals surface area contributed by atoms with Crippen LogP contribution in [-0.4, -0.2) is 4.57 Å². The van der Waals surface area contributed by atoms with Gasteiger partial charge in [0, 0.05) is 38.9 Å². The van der Waals surface area contributed by atoms with Crippen LogP contribution >= 0.6 is 0 Å². The maximum absolute atomic E-state index is 2.52. The SMILES string of the molecule is c1ccc(N(c2ccc(-c3cccc(-n4c5ccccc5c5ccc6ccccc6c54)c3)cc2)c2ccccc2C23CCC4C[C@H](C[C@@H]4C2)C3)cc1. The number of anilines is 3. The average molecular weight is 671 g/mol. The van der Waals surface area contributed by atoms with Crippen LogP contribution in [0.5, 0.6) is 0 Å². The van der Waals surface area contributed by atoms with E-state index < -0.39 is 0 Å². The molecule has 0 saturated heterocycles. The monoisotopic (exact) mass is 670 g/mol. The van der Waals surface area contributed by atoms with E-state index in [2.05, 4.69) is 173 Å². The number of benzene rings is 7. The first-order chi connectivity index (χ1) is 25.7. The molecule has 0 radical (unpaired) electrons. The summed E-state index contributed by atoms with van der Waals surface area (Å²) in [4.78, 5) is 2.52. The Morgan fingerprint density at radius 2 is 1.29 bits per heavy atom. The van der Waals surface area contributed by atoms with Crippen molar-refractivity contribution >= 4 is 49.6 Å². The Labute approximate surface area is 306 Å². The maximum Gasteiger partial charge on any atom is 0.0619 e. The van der Waals surface area contributed by atoms with Gasteiger partial charge in [-0.2, -0.15) is 0 Å². The first-order valence-electron chi connectivity index (χ1n) is 19.3. The molecule has 2 unspecified atom stereocenters. The highest BCUT2D eigenvalue weighted by molar-refractivity contribution is 6.18. The minimum atomic E-state index is 0.294. The lowest BCUT2D eigenvalue weighted by Crippen LogP contribution is -2.38. The first-order valence-corrected chi connectivity index (χ1v) is 19.3. The molecule has 8 aromatic rings. The van der Waals surface area contributed by atoms with Crippen LogP contribution in [0.25, 0.3) is 49.4 Å². The number of hydrogen-bond acceptors (Lipinski definition) is 1. The lowest BCUT2D eigenvalue weighted by atomic mass is 9.59. The molecule has 0 aliphatic heterocycles. The molecule has 2 nitrogen and oxygen atoms in total. The molecule has 3 aliphatic carbocycles. The van der Waals surface area contributed by atoms with Crippen LogP contribution in [0.3, 0.4) is 0 Å². The number of aromatic nitrogens is 1. The van der Waals surface area contributed by atoms with E-state index in [9.17, 15) is 0 Å². The quantitative estimate of drug-likeness (QED) is 0.171. The van der Waals surface area contributed by atoms with Gasteiger partial charge in [-0.05, 0) is 132 Å². The van der Waals surface area contributed by atoms with E-state index in [0.29, 0.717) is 5.41 Å². The van der Waals surface area contributed by atoms with Crippen LogP contribution < -0.4 is 4.90 Å². The van der Waals surface area contributed by atoms with Gasteiger partial charge in [0.1, 0.15) is 0 Å². The van der Waals surface area contributed by atoms with E-state index in [4.69, 9.17) is 0 Å². The third-order valence-electron chi connectivity index (χ3n) is 13.1. The normalized spacial score (nSPS) is 22.0. The van der Waals surface area contributed by atoms with Crippen LogP contribution in [0.15, 0.2) is 164 Å². The van der Waals surface area contributed by atoms with Gasteiger partial charge in [-0.15, -0.1) is 0 Å². The van der Waals surface area contributed by atoms with Crippen molar-refractivity contribution in [1.82, 2.24) is 4.57 Å². The van der Waals surface area contributed by atoms with Gasteiger partial charge in [-0.1, -0.05) is 115 Å². The molecule has 4 atom stereocenters. The Balaban J connectivity index is 1.01. The predicted octanol–water partition coefficient (Wildman–Crippen LogP) is 13.5. The third-order valence-corrected chi connectivity index (χ3v) is 13.1. The standard InChI is InChI=1S/C50H42N2/c1-2-13-40(14-3-1)51(48-20-9-7-18-46(48)50-28-27-38-29-34(32-50)30-39(38)33-50)41-24-21-35(22-25-41)37-12-10-15-42(31-37)52-47-19-8-6-17-44(47)45-26-23-36-11-4-5-16-43(36)49(45)52/h1-26,31,34,38-39H,27-30,32-33H2/t34-,38?,39-,50?/m1/s1. The van der Waals surface area contributed by atoms with Crippen LogP contribution in [0.2, 0.25) is 0 Å². The summed E-state index contributed by atoms with van der Waals surface area (Å²) in [5, 5.41) is 5.12. The zero-order chi connectivity index (χ0) is 34.2. The van der Waals surface area contributed by atoms with Gasteiger partial charge in [0.15, 0.2) is 0 Å². The molecule has 0 amide bonds. The Hall–Kier alpha value is -5.60. The fourth-order valence-electron chi connectivity index (χ4n) is 11.0. The van der Waals surface area contributed by atoms with E-state index in [-0.39, 0.29) is 0 Å². The molecule has 3 saturated carbocycles. The van der Waals surface area contributed by atoms with Gasteiger partial charge in [-0.3, -0.25) is 0 Å². The highest BCUT2D eigenvalue weighted by Crippen LogP contribution is 2.62. The largest absolute Gasteiger partial charge is 0.310 e. The van der Waals surface area contributed by atoms with E-state index in [1.807, 2.05) is 0 Å². The molecule has 11 rings (SSSR count). The number of para-hydroxylation sites is 3. The molecule has 1 heterocycles. The summed E-state index contributed by atoms with van der Waals surface area (Å²) in [6, 6.07) is 60.9. The van der Waals surface area contributed by atoms with Crippen molar-refractivity contribution in [2.45, 2.75) is 43.9 Å². The van der Waals surface area contributed by atoms with E-state index in [1.54, 1.807) is 5.56 Å². The summed E-state index contributed by atoms with van der Waals surface area (Å²) in [7, 11) is 0. The molecule has 3 bridgehead atoms. The maximum atomic E-state index is 2.52. The van der Waals surface area contributed by atoms with Crippen LogP contribution in [0, 0.1) is 17.8 Å². The smallest absolute Gasteiger partial charge is 0.0619 e. The van der Waals surface area contributed by atoms with E-state index in [0.717, 1.165) is 17.8 Å². The van der Waals surface area contributed by atoms with Gasteiger partial charge in [-0.25, -0.2) is 0 Å². The Morgan fingerprint density at radius 3 is 2.19 bits per heavy atom. The lowest BCUT2D eigenvalue weighted by molar-refractivity contribution is 0.139. The minimum Gasteiger partial charge on any atom is -0.310 e. The zero-order valence-electron chi connectivity index (χ0n) is 29.5. The van der Waals surface area contributed by atoms with Gasteiger partial charge in [0.25, 0.3) is 0 Å². The summed E-state index contributed by atoms with van der Waals surface area (Å²) < 4.78 is 2.46. The molecule has 52 heavy (non-hydrogen) atoms. The zero-order valence-corrected chi connectivity index (χ0v) is 29.5. The second-order valence-corrected chi connectivity index (χ2v) is 15.9. The van der Waals surface area contributed by atoms with Crippen molar-refractivity contribution in [3.63, 3.8) is 0 Å². The summed E-state index contributed by atoms with van der Waals surface area (Å²) in [6.07, 6.45) is 8.39. The molecule has 3 aliphatic rings. The van der Waals surface area contributed by atoms with Gasteiger partial charge in [0.05, 0.1) is 11.0 Å². The Morgan fingerprint density at radius 1 is 0.538 bits per heavy atom. The average Bonchev–Trinajstić information content (AvgIpc) is 3.65. The number of fused-ring (bicyclic) bond motifs is 7. The van der Waals surface area contributed by atoms with Crippen LogP contribution in [0.4, 0.5) is 17.1 Å². The number of rotatable bonds is 6. The molecule has 3 fully saturated rings. The highest BCUT2D eigenvalue weighted by atomic mass is 15.1. The highest BCUT2D eigenvalue weighted by Gasteiger charge is 2.53. The van der Waals surface area contributed by atoms with Crippen LogP contribution in [-0.2, 0) is 5.41 Å². The van der Waals surface area contributed by atoms with Crippen molar-refractivity contribution in [3.8, 4) is 16.8 Å². The minimum absolute atomic E-state index is 0.294. The topological polar surface area (TPSA) is 8.17 Å². The van der Waals surface area contributed by atoms with Crippen molar-refractivity contribution in [2.75, 3.05) is 4.90 Å². The first kappa shape index (κ1) is 30.1. The Bertz CT molecular complexity index is 2610. The van der Waals surface area contributed by atoms with Gasteiger partial charge >= 0.3 is 0 Å². The molecular formula is C50H42N2. The van der Waals surface area contributed by atoms with Gasteiger partial charge in [0.2, 0.25) is 0 Å². The second-order valence-electron chi connectivity index (χ2n) is 15.9. The molecular weight excluding hydrogens is 629 g/mol. The lowest BCUT2D eigenvalue weighted by Gasteiger charge is -2.47. The van der Waals surface area contributed by atoms with Crippen molar-refractivity contribution in [3.05, 3.63) is 169 Å². The molecule has 252 valence electrons. The summed E-state index contributed by atoms with van der Waals surface area (Å²) >= 11 is 0. The molecule has 2 heteroatoms. The molecule has 1 aromatic heterocycles. The van der Waals surface area contributed by atoms with Crippen molar-refractivity contribution in [2.24, 2.45) is 17.8 Å². The van der Waals surface area contributed by atoms with Gasteiger partial charge < -0.3 is 9.47 Å². The second kappa shape index (κ2) is 11.7. The van der Waals surface area contributed by atoms with Crippen molar-refractivity contribution < 1.29 is 0 Å². The Kier molecular flexibility index (Phi) is 6.77. The molecule has 0 N–H and O–H groups in total. The predicted molar refractivity (Wildman–Crippen MR) is 218 cm³/mol. The number of nitrogens with zero attached hydrogens (tertiary/aromatic N) is 2. The summed E-state index contributed by atoms with van der Waals surface area (Å²) in [5.74, 6) is 2.79. The van der Waals surface area contributed by atoms with E-state index >= 15 is 0 Å². The fourth-order valence-corrected chi connectivity index (χ4v) is 11.0. The fraction of sp³-hybridized carbons (Fsp3) is 0.200. The van der Waals surface area contributed by atoms with Crippen LogP contribution in [0.1, 0.15) is 44.1 Å². The van der Waals surface area contributed by atoms with E-state index in [1.165, 1.54) is 105 Å². The summed E-state index contributed by atoms with van der Waals surface area (Å²) in [5.41, 5.74) is 11.7. The molecule has 7 aromatic carbocycles. The third kappa shape index (κ3) is 4.63. The summed E-state index contributed by atoms with van der Waals surface area (Å²) in [6.45, 7) is 0. The number of hydrogen-bond donors (Lipinski definition) is 0. The molecule has 0 spiro atoms.